The highest BCUT2D eigenvalue weighted by Crippen LogP contribution is 2.25. The van der Waals surface area contributed by atoms with Crippen LogP contribution < -0.4 is 9.62 Å². The summed E-state index contributed by atoms with van der Waals surface area (Å²) in [6, 6.07) is 12.5. The average molecular weight is 389 g/mol. The number of rotatable bonds is 7. The Bertz CT molecular complexity index is 923. The average Bonchev–Trinajstić information content (AvgIpc) is 2.59. The third-order valence-corrected chi connectivity index (χ3v) is 5.80. The van der Waals surface area contributed by atoms with Gasteiger partial charge in [-0.25, -0.2) is 8.42 Å². The van der Waals surface area contributed by atoms with Gasteiger partial charge in [-0.3, -0.25) is 9.10 Å². The summed E-state index contributed by atoms with van der Waals surface area (Å²) in [6.45, 7) is 8.07. The van der Waals surface area contributed by atoms with Crippen LogP contribution in [0.3, 0.4) is 0 Å². The minimum absolute atomic E-state index is 0.303. The molecule has 1 amide bonds. The lowest BCUT2D eigenvalue weighted by atomic mass is 10.1. The number of aryl methyl sites for hydroxylation is 3. The maximum absolute atomic E-state index is 12.8. The van der Waals surface area contributed by atoms with Crippen molar-refractivity contribution in [1.29, 1.82) is 0 Å². The minimum atomic E-state index is -3.62. The number of amides is 1. The molecule has 2 rings (SSSR count). The van der Waals surface area contributed by atoms with Crippen LogP contribution in [-0.4, -0.2) is 26.6 Å². The third kappa shape index (κ3) is 5.32. The number of anilines is 1. The molecule has 0 radical (unpaired) electrons. The molecule has 0 saturated heterocycles. The second-order valence-corrected chi connectivity index (χ2v) is 8.82. The van der Waals surface area contributed by atoms with E-state index in [4.69, 9.17) is 0 Å². The van der Waals surface area contributed by atoms with Crippen molar-refractivity contribution in [2.24, 2.45) is 0 Å². The molecule has 0 heterocycles. The Kier molecular flexibility index (Phi) is 6.65. The SMILES string of the molecule is CCC(C(=O)NCc1cccc(C)c1)N(c1ccc(C)c(C)c1)S(C)(=O)=O. The van der Waals surface area contributed by atoms with Crippen LogP contribution >= 0.6 is 0 Å². The highest BCUT2D eigenvalue weighted by Gasteiger charge is 2.31. The smallest absolute Gasteiger partial charge is 0.244 e. The van der Waals surface area contributed by atoms with Crippen molar-refractivity contribution in [2.75, 3.05) is 10.6 Å². The molecule has 27 heavy (non-hydrogen) atoms. The molecule has 0 aliphatic heterocycles. The molecule has 1 unspecified atom stereocenters. The molecule has 1 atom stereocenters. The lowest BCUT2D eigenvalue weighted by Gasteiger charge is -2.30. The van der Waals surface area contributed by atoms with Crippen molar-refractivity contribution in [1.82, 2.24) is 5.32 Å². The summed E-state index contributed by atoms with van der Waals surface area (Å²) in [4.78, 5) is 12.8. The van der Waals surface area contributed by atoms with Crippen LogP contribution in [-0.2, 0) is 21.4 Å². The largest absolute Gasteiger partial charge is 0.350 e. The first-order valence-electron chi connectivity index (χ1n) is 9.03. The fourth-order valence-electron chi connectivity index (χ4n) is 3.05. The number of carbonyl (C=O) groups is 1. The lowest BCUT2D eigenvalue weighted by molar-refractivity contribution is -0.122. The zero-order valence-electron chi connectivity index (χ0n) is 16.6. The molecule has 0 aliphatic rings. The Hall–Kier alpha value is -2.34. The van der Waals surface area contributed by atoms with Crippen molar-refractivity contribution < 1.29 is 13.2 Å². The van der Waals surface area contributed by atoms with Crippen LogP contribution in [0.4, 0.5) is 5.69 Å². The quantitative estimate of drug-likeness (QED) is 0.790. The van der Waals surface area contributed by atoms with E-state index < -0.39 is 16.1 Å². The molecule has 5 nitrogen and oxygen atoms in total. The second-order valence-electron chi connectivity index (χ2n) is 6.96. The van der Waals surface area contributed by atoms with Gasteiger partial charge in [-0.05, 0) is 56.0 Å². The van der Waals surface area contributed by atoms with Gasteiger partial charge in [0, 0.05) is 6.54 Å². The number of hydrogen-bond donors (Lipinski definition) is 1. The van der Waals surface area contributed by atoms with Crippen LogP contribution in [0.1, 0.15) is 35.6 Å². The summed E-state index contributed by atoms with van der Waals surface area (Å²) in [6.07, 6.45) is 1.51. The van der Waals surface area contributed by atoms with Crippen LogP contribution in [0.2, 0.25) is 0 Å². The van der Waals surface area contributed by atoms with E-state index in [2.05, 4.69) is 5.32 Å². The molecule has 0 spiro atoms. The molecule has 2 aromatic rings. The zero-order valence-corrected chi connectivity index (χ0v) is 17.4. The van der Waals surface area contributed by atoms with Crippen molar-refractivity contribution in [3.05, 3.63) is 64.7 Å². The lowest BCUT2D eigenvalue weighted by Crippen LogP contribution is -2.49. The van der Waals surface area contributed by atoms with E-state index in [9.17, 15) is 13.2 Å². The van der Waals surface area contributed by atoms with Crippen LogP contribution in [0.25, 0.3) is 0 Å². The number of sulfonamides is 1. The van der Waals surface area contributed by atoms with Gasteiger partial charge in [-0.15, -0.1) is 0 Å². The first-order chi connectivity index (χ1) is 12.6. The standard InChI is InChI=1S/C21H28N2O3S/c1-6-20(21(24)22-14-18-9-7-8-15(2)12-18)23(27(5,25)26)19-11-10-16(3)17(4)13-19/h7-13,20H,6,14H2,1-5H3,(H,22,24). The number of carbonyl (C=O) groups excluding carboxylic acids is 1. The molecule has 0 saturated carbocycles. The van der Waals surface area contributed by atoms with Gasteiger partial charge in [0.1, 0.15) is 6.04 Å². The topological polar surface area (TPSA) is 66.5 Å². The molecule has 1 N–H and O–H groups in total. The van der Waals surface area contributed by atoms with Gasteiger partial charge >= 0.3 is 0 Å². The van der Waals surface area contributed by atoms with Crippen LogP contribution in [0, 0.1) is 20.8 Å². The van der Waals surface area contributed by atoms with Gasteiger partial charge in [0.05, 0.1) is 11.9 Å². The van der Waals surface area contributed by atoms with E-state index >= 15 is 0 Å². The van der Waals surface area contributed by atoms with Crippen LogP contribution in [0.15, 0.2) is 42.5 Å². The maximum atomic E-state index is 12.8. The first-order valence-corrected chi connectivity index (χ1v) is 10.9. The van der Waals surface area contributed by atoms with Crippen molar-refractivity contribution in [2.45, 2.75) is 46.7 Å². The summed E-state index contributed by atoms with van der Waals surface area (Å²) in [7, 11) is -3.62. The number of nitrogens with one attached hydrogen (secondary N) is 1. The van der Waals surface area contributed by atoms with E-state index in [-0.39, 0.29) is 5.91 Å². The molecular formula is C21H28N2O3S. The van der Waals surface area contributed by atoms with Gasteiger partial charge < -0.3 is 5.32 Å². The zero-order chi connectivity index (χ0) is 20.2. The summed E-state index contributed by atoms with van der Waals surface area (Å²) in [5.74, 6) is -0.303. The summed E-state index contributed by atoms with van der Waals surface area (Å²) >= 11 is 0. The molecule has 0 bridgehead atoms. The van der Waals surface area contributed by atoms with Crippen molar-refractivity contribution >= 4 is 21.6 Å². The molecule has 0 fully saturated rings. The van der Waals surface area contributed by atoms with E-state index in [0.29, 0.717) is 18.7 Å². The Morgan fingerprint density at radius 2 is 1.78 bits per heavy atom. The number of hydrogen-bond acceptors (Lipinski definition) is 3. The molecule has 146 valence electrons. The van der Waals surface area contributed by atoms with E-state index in [1.807, 2.05) is 64.1 Å². The van der Waals surface area contributed by atoms with E-state index in [1.54, 1.807) is 6.07 Å². The summed E-state index contributed by atoms with van der Waals surface area (Å²) in [5, 5.41) is 2.88. The molecule has 0 aliphatic carbocycles. The monoisotopic (exact) mass is 388 g/mol. The molecule has 2 aromatic carbocycles. The Morgan fingerprint density at radius 3 is 2.33 bits per heavy atom. The molecule has 0 aromatic heterocycles. The normalized spacial score (nSPS) is 12.5. The highest BCUT2D eigenvalue weighted by atomic mass is 32.2. The highest BCUT2D eigenvalue weighted by molar-refractivity contribution is 7.92. The van der Waals surface area contributed by atoms with Crippen LogP contribution in [0.5, 0.6) is 0 Å². The maximum Gasteiger partial charge on any atom is 0.244 e. The number of nitrogens with zero attached hydrogens (tertiary/aromatic N) is 1. The van der Waals surface area contributed by atoms with Gasteiger partial charge in [-0.2, -0.15) is 0 Å². The summed E-state index contributed by atoms with van der Waals surface area (Å²) in [5.41, 5.74) is 4.66. The van der Waals surface area contributed by atoms with Gasteiger partial charge in [0.25, 0.3) is 0 Å². The molecule has 6 heteroatoms. The second kappa shape index (κ2) is 8.57. The Morgan fingerprint density at radius 1 is 1.07 bits per heavy atom. The van der Waals surface area contributed by atoms with Crippen molar-refractivity contribution in [3.63, 3.8) is 0 Å². The first kappa shape index (κ1) is 21.0. The Balaban J connectivity index is 2.28. The number of benzene rings is 2. The summed E-state index contributed by atoms with van der Waals surface area (Å²) < 4.78 is 26.2. The predicted molar refractivity (Wildman–Crippen MR) is 110 cm³/mol. The minimum Gasteiger partial charge on any atom is -0.350 e. The Labute approximate surface area is 162 Å². The van der Waals surface area contributed by atoms with Gasteiger partial charge in [0.15, 0.2) is 0 Å². The van der Waals surface area contributed by atoms with Gasteiger partial charge in [0.2, 0.25) is 15.9 Å². The molecular weight excluding hydrogens is 360 g/mol. The fourth-order valence-corrected chi connectivity index (χ4v) is 4.26. The van der Waals surface area contributed by atoms with Crippen molar-refractivity contribution in [3.8, 4) is 0 Å². The van der Waals surface area contributed by atoms with E-state index in [0.717, 1.165) is 28.5 Å². The predicted octanol–water partition coefficient (Wildman–Crippen LogP) is 3.47. The third-order valence-electron chi connectivity index (χ3n) is 4.62. The fraction of sp³-hybridized carbons (Fsp3) is 0.381. The van der Waals surface area contributed by atoms with E-state index in [1.165, 1.54) is 4.31 Å². The van der Waals surface area contributed by atoms with Gasteiger partial charge in [-0.1, -0.05) is 42.8 Å².